The number of carbonyl (C=O) groups is 1. The van der Waals surface area contributed by atoms with Gasteiger partial charge in [0.15, 0.2) is 0 Å². The predicted molar refractivity (Wildman–Crippen MR) is 66.8 cm³/mol. The number of halogens is 2. The minimum absolute atomic E-state index is 0.0998. The number of esters is 1. The van der Waals surface area contributed by atoms with Gasteiger partial charge in [-0.25, -0.2) is 4.39 Å². The van der Waals surface area contributed by atoms with Crippen LogP contribution in [0.15, 0.2) is 18.2 Å². The lowest BCUT2D eigenvalue weighted by Gasteiger charge is -2.16. The predicted octanol–water partition coefficient (Wildman–Crippen LogP) is 2.47. The van der Waals surface area contributed by atoms with Gasteiger partial charge in [-0.05, 0) is 19.0 Å². The highest BCUT2D eigenvalue weighted by molar-refractivity contribution is 6.30. The van der Waals surface area contributed by atoms with Crippen LogP contribution >= 0.6 is 11.6 Å². The summed E-state index contributed by atoms with van der Waals surface area (Å²) in [5.74, 6) is -0.665. The van der Waals surface area contributed by atoms with Crippen LogP contribution in [-0.4, -0.2) is 31.1 Å². The Morgan fingerprint density at radius 3 is 3.11 bits per heavy atom. The average Bonchev–Trinajstić information content (AvgIpc) is 2.82. The Balaban J connectivity index is 1.99. The fraction of sp³-hybridized carbons (Fsp3) is 0.462. The van der Waals surface area contributed by atoms with Crippen molar-refractivity contribution in [1.82, 2.24) is 4.90 Å². The van der Waals surface area contributed by atoms with E-state index in [-0.39, 0.29) is 22.7 Å². The van der Waals surface area contributed by atoms with Gasteiger partial charge in [-0.2, -0.15) is 0 Å². The molecule has 1 aliphatic rings. The first kappa shape index (κ1) is 13.3. The van der Waals surface area contributed by atoms with Crippen molar-refractivity contribution in [2.45, 2.75) is 13.0 Å². The zero-order valence-electron chi connectivity index (χ0n) is 10.2. The molecule has 0 bridgehead atoms. The molecule has 0 saturated carbocycles. The van der Waals surface area contributed by atoms with Crippen LogP contribution in [-0.2, 0) is 16.1 Å². The van der Waals surface area contributed by atoms with Gasteiger partial charge in [-0.3, -0.25) is 9.69 Å². The van der Waals surface area contributed by atoms with Crippen molar-refractivity contribution in [2.75, 3.05) is 20.2 Å². The Labute approximate surface area is 110 Å². The van der Waals surface area contributed by atoms with Crippen molar-refractivity contribution in [2.24, 2.45) is 5.92 Å². The molecule has 18 heavy (non-hydrogen) atoms. The molecule has 1 aromatic rings. The summed E-state index contributed by atoms with van der Waals surface area (Å²) < 4.78 is 18.4. The molecule has 2 rings (SSSR count). The Kier molecular flexibility index (Phi) is 4.19. The standard InChI is InChI=1S/C13H15ClFNO2/c1-18-13(17)10-5-6-16(8-10)7-9-3-2-4-11(14)12(9)15/h2-4,10H,5-8H2,1H3. The first-order valence-corrected chi connectivity index (χ1v) is 6.22. The van der Waals surface area contributed by atoms with E-state index < -0.39 is 0 Å². The van der Waals surface area contributed by atoms with Gasteiger partial charge < -0.3 is 4.74 Å². The second kappa shape index (κ2) is 5.67. The van der Waals surface area contributed by atoms with Crippen molar-refractivity contribution < 1.29 is 13.9 Å². The fourth-order valence-electron chi connectivity index (χ4n) is 2.25. The van der Waals surface area contributed by atoms with Gasteiger partial charge >= 0.3 is 5.97 Å². The average molecular weight is 272 g/mol. The summed E-state index contributed by atoms with van der Waals surface area (Å²) in [7, 11) is 1.39. The number of hydrogen-bond donors (Lipinski definition) is 0. The topological polar surface area (TPSA) is 29.5 Å². The van der Waals surface area contributed by atoms with E-state index in [2.05, 4.69) is 0 Å². The molecular formula is C13H15ClFNO2. The molecule has 1 aromatic carbocycles. The molecule has 0 spiro atoms. The van der Waals surface area contributed by atoms with E-state index in [0.29, 0.717) is 18.7 Å². The molecular weight excluding hydrogens is 257 g/mol. The molecule has 1 saturated heterocycles. The fourth-order valence-corrected chi connectivity index (χ4v) is 2.44. The smallest absolute Gasteiger partial charge is 0.310 e. The number of ether oxygens (including phenoxy) is 1. The summed E-state index contributed by atoms with van der Waals surface area (Å²) in [5, 5.41) is 0.135. The van der Waals surface area contributed by atoms with E-state index in [1.54, 1.807) is 12.1 Å². The van der Waals surface area contributed by atoms with Crippen molar-refractivity contribution >= 4 is 17.6 Å². The van der Waals surface area contributed by atoms with Gasteiger partial charge in [0.25, 0.3) is 0 Å². The Morgan fingerprint density at radius 1 is 1.61 bits per heavy atom. The first-order chi connectivity index (χ1) is 8.61. The summed E-state index contributed by atoms with van der Waals surface area (Å²) in [5.41, 5.74) is 0.563. The van der Waals surface area contributed by atoms with Gasteiger partial charge in [0.1, 0.15) is 5.82 Å². The Morgan fingerprint density at radius 2 is 2.39 bits per heavy atom. The highest BCUT2D eigenvalue weighted by atomic mass is 35.5. The van der Waals surface area contributed by atoms with E-state index in [4.69, 9.17) is 16.3 Å². The van der Waals surface area contributed by atoms with Gasteiger partial charge in [-0.1, -0.05) is 23.7 Å². The van der Waals surface area contributed by atoms with E-state index in [1.165, 1.54) is 13.2 Å². The molecule has 1 aliphatic heterocycles. The maximum absolute atomic E-state index is 13.7. The van der Waals surface area contributed by atoms with Crippen LogP contribution in [0.3, 0.4) is 0 Å². The lowest BCUT2D eigenvalue weighted by Crippen LogP contribution is -2.24. The molecule has 3 nitrogen and oxygen atoms in total. The quantitative estimate of drug-likeness (QED) is 0.791. The summed E-state index contributed by atoms with van der Waals surface area (Å²) in [6, 6.07) is 4.98. The van der Waals surface area contributed by atoms with Crippen LogP contribution in [0, 0.1) is 11.7 Å². The Bertz CT molecular complexity index is 453. The SMILES string of the molecule is COC(=O)C1CCN(Cc2cccc(Cl)c2F)C1. The molecule has 1 heterocycles. The van der Waals surface area contributed by atoms with E-state index in [1.807, 2.05) is 4.90 Å². The molecule has 0 radical (unpaired) electrons. The monoisotopic (exact) mass is 271 g/mol. The molecule has 5 heteroatoms. The number of rotatable bonds is 3. The van der Waals surface area contributed by atoms with Crippen LogP contribution in [0.25, 0.3) is 0 Å². The molecule has 0 aromatic heterocycles. The second-order valence-electron chi connectivity index (χ2n) is 4.46. The zero-order valence-corrected chi connectivity index (χ0v) is 10.9. The number of likely N-dealkylation sites (tertiary alicyclic amines) is 1. The molecule has 0 aliphatic carbocycles. The zero-order chi connectivity index (χ0) is 13.1. The number of nitrogens with zero attached hydrogens (tertiary/aromatic N) is 1. The third-order valence-electron chi connectivity index (χ3n) is 3.23. The van der Waals surface area contributed by atoms with Gasteiger partial charge in [0, 0.05) is 18.7 Å². The highest BCUT2D eigenvalue weighted by Crippen LogP contribution is 2.23. The van der Waals surface area contributed by atoms with Crippen molar-refractivity contribution in [3.63, 3.8) is 0 Å². The molecule has 1 unspecified atom stereocenters. The lowest BCUT2D eigenvalue weighted by atomic mass is 10.1. The largest absolute Gasteiger partial charge is 0.469 e. The van der Waals surface area contributed by atoms with Crippen LogP contribution in [0.5, 0.6) is 0 Å². The first-order valence-electron chi connectivity index (χ1n) is 5.85. The molecule has 1 fully saturated rings. The van der Waals surface area contributed by atoms with E-state index in [0.717, 1.165) is 13.0 Å². The van der Waals surface area contributed by atoms with Gasteiger partial charge in [-0.15, -0.1) is 0 Å². The van der Waals surface area contributed by atoms with Crippen LogP contribution < -0.4 is 0 Å². The van der Waals surface area contributed by atoms with Crippen LogP contribution in [0.2, 0.25) is 5.02 Å². The second-order valence-corrected chi connectivity index (χ2v) is 4.86. The normalized spacial score (nSPS) is 20.1. The highest BCUT2D eigenvalue weighted by Gasteiger charge is 2.29. The number of benzene rings is 1. The summed E-state index contributed by atoms with van der Waals surface area (Å²) in [6.07, 6.45) is 0.759. The van der Waals surface area contributed by atoms with Crippen molar-refractivity contribution in [1.29, 1.82) is 0 Å². The molecule has 1 atom stereocenters. The molecule has 98 valence electrons. The third-order valence-corrected chi connectivity index (χ3v) is 3.52. The Hall–Kier alpha value is -1.13. The maximum Gasteiger partial charge on any atom is 0.310 e. The lowest BCUT2D eigenvalue weighted by molar-refractivity contribution is -0.144. The van der Waals surface area contributed by atoms with Gasteiger partial charge in [0.2, 0.25) is 0 Å². The molecule has 0 amide bonds. The third kappa shape index (κ3) is 2.82. The number of hydrogen-bond acceptors (Lipinski definition) is 3. The minimum Gasteiger partial charge on any atom is -0.469 e. The minimum atomic E-state index is -0.374. The van der Waals surface area contributed by atoms with E-state index >= 15 is 0 Å². The summed E-state index contributed by atoms with van der Waals surface area (Å²) in [6.45, 7) is 1.85. The van der Waals surface area contributed by atoms with Crippen LogP contribution in [0.1, 0.15) is 12.0 Å². The number of methoxy groups -OCH3 is 1. The van der Waals surface area contributed by atoms with E-state index in [9.17, 15) is 9.18 Å². The maximum atomic E-state index is 13.7. The van der Waals surface area contributed by atoms with Crippen molar-refractivity contribution in [3.8, 4) is 0 Å². The summed E-state index contributed by atoms with van der Waals surface area (Å²) in [4.78, 5) is 13.4. The van der Waals surface area contributed by atoms with Gasteiger partial charge in [0.05, 0.1) is 18.1 Å². The van der Waals surface area contributed by atoms with Crippen molar-refractivity contribution in [3.05, 3.63) is 34.6 Å². The molecule has 0 N–H and O–H groups in total. The summed E-state index contributed by atoms with van der Waals surface area (Å²) >= 11 is 5.73. The number of carbonyl (C=O) groups excluding carboxylic acids is 1. The van der Waals surface area contributed by atoms with Crippen LogP contribution in [0.4, 0.5) is 4.39 Å².